The lowest BCUT2D eigenvalue weighted by Gasteiger charge is -2.28. The van der Waals surface area contributed by atoms with Crippen LogP contribution in [-0.2, 0) is 0 Å². The number of benzene rings is 3. The molecule has 5 rings (SSSR count). The van der Waals surface area contributed by atoms with Crippen LogP contribution in [0, 0.1) is 11.3 Å². The maximum Gasteiger partial charge on any atom is 0.231 e. The van der Waals surface area contributed by atoms with Gasteiger partial charge in [-0.3, -0.25) is 0 Å². The summed E-state index contributed by atoms with van der Waals surface area (Å²) in [5.74, 6) is 1.85. The van der Waals surface area contributed by atoms with Crippen LogP contribution in [-0.4, -0.2) is 6.79 Å². The van der Waals surface area contributed by atoms with Crippen molar-refractivity contribution < 1.29 is 14.2 Å². The van der Waals surface area contributed by atoms with Crippen LogP contribution in [0.4, 0.5) is 0 Å². The van der Waals surface area contributed by atoms with Gasteiger partial charge in [-0.1, -0.05) is 36.4 Å². The van der Waals surface area contributed by atoms with Crippen molar-refractivity contribution in [2.75, 3.05) is 6.79 Å². The van der Waals surface area contributed by atoms with Gasteiger partial charge in [-0.25, -0.2) is 0 Å². The van der Waals surface area contributed by atoms with Crippen molar-refractivity contribution in [1.29, 1.82) is 5.26 Å². The maximum atomic E-state index is 9.76. The standard InChI is InChI=1S/C21H14N2O3/c22-10-15-19(13-6-7-16-18(9-13)25-11-24-16)20-14-4-2-1-3-12(14)5-8-17(20)26-21(15)23/h1-9,19H,11,23H2. The number of hydrogen-bond donors (Lipinski definition) is 1. The smallest absolute Gasteiger partial charge is 0.231 e. The average Bonchev–Trinajstić information content (AvgIpc) is 3.14. The molecule has 0 spiro atoms. The van der Waals surface area contributed by atoms with Crippen LogP contribution in [0.2, 0.25) is 0 Å². The van der Waals surface area contributed by atoms with Crippen LogP contribution in [0.1, 0.15) is 17.0 Å². The molecule has 0 saturated carbocycles. The number of rotatable bonds is 1. The fourth-order valence-electron chi connectivity index (χ4n) is 3.67. The zero-order chi connectivity index (χ0) is 17.7. The predicted octanol–water partition coefficient (Wildman–Crippen LogP) is 3.79. The van der Waals surface area contributed by atoms with E-state index in [1.165, 1.54) is 0 Å². The van der Waals surface area contributed by atoms with E-state index in [0.717, 1.165) is 21.9 Å². The van der Waals surface area contributed by atoms with Gasteiger partial charge in [-0.05, 0) is 34.5 Å². The van der Waals surface area contributed by atoms with Crippen LogP contribution < -0.4 is 19.9 Å². The quantitative estimate of drug-likeness (QED) is 0.728. The number of nitrogens with zero attached hydrogens (tertiary/aromatic N) is 1. The third-order valence-electron chi connectivity index (χ3n) is 4.84. The number of hydrogen-bond acceptors (Lipinski definition) is 5. The lowest BCUT2D eigenvalue weighted by molar-refractivity contribution is 0.174. The van der Waals surface area contributed by atoms with Crippen LogP contribution in [0.15, 0.2) is 66.1 Å². The van der Waals surface area contributed by atoms with Gasteiger partial charge in [0.25, 0.3) is 0 Å². The van der Waals surface area contributed by atoms with E-state index in [1.54, 1.807) is 0 Å². The van der Waals surface area contributed by atoms with Crippen LogP contribution in [0.3, 0.4) is 0 Å². The van der Waals surface area contributed by atoms with Crippen molar-refractivity contribution in [3.63, 3.8) is 0 Å². The van der Waals surface area contributed by atoms with Crippen molar-refractivity contribution in [2.45, 2.75) is 5.92 Å². The second kappa shape index (κ2) is 5.43. The summed E-state index contributed by atoms with van der Waals surface area (Å²) in [5, 5.41) is 11.9. The van der Waals surface area contributed by atoms with Gasteiger partial charge in [0, 0.05) is 5.56 Å². The van der Waals surface area contributed by atoms with E-state index < -0.39 is 0 Å². The lowest BCUT2D eigenvalue weighted by Crippen LogP contribution is -2.21. The maximum absolute atomic E-state index is 9.76. The molecule has 0 fully saturated rings. The highest BCUT2D eigenvalue weighted by atomic mass is 16.7. The Hall–Kier alpha value is -3.65. The van der Waals surface area contributed by atoms with Gasteiger partial charge in [0.1, 0.15) is 17.4 Å². The molecule has 3 aromatic rings. The van der Waals surface area contributed by atoms with Crippen LogP contribution in [0.5, 0.6) is 17.2 Å². The van der Waals surface area contributed by atoms with Gasteiger partial charge in [-0.15, -0.1) is 0 Å². The van der Waals surface area contributed by atoms with Gasteiger partial charge < -0.3 is 19.9 Å². The van der Waals surface area contributed by atoms with Crippen molar-refractivity contribution >= 4 is 10.8 Å². The molecule has 2 aliphatic heterocycles. The number of nitriles is 1. The molecule has 2 N–H and O–H groups in total. The normalized spacial score (nSPS) is 17.6. The molecule has 1 atom stereocenters. The van der Waals surface area contributed by atoms with Crippen molar-refractivity contribution in [3.8, 4) is 23.3 Å². The molecule has 0 bridgehead atoms. The molecule has 5 heteroatoms. The SMILES string of the molecule is N#CC1=C(N)Oc2ccc3ccccc3c2C1c1ccc2c(c1)OCO2. The highest BCUT2D eigenvalue weighted by Crippen LogP contribution is 2.47. The van der Waals surface area contributed by atoms with Gasteiger partial charge in [0.15, 0.2) is 11.5 Å². The molecule has 0 radical (unpaired) electrons. The molecule has 0 saturated heterocycles. The first kappa shape index (κ1) is 14.7. The third-order valence-corrected chi connectivity index (χ3v) is 4.84. The van der Waals surface area contributed by atoms with E-state index in [-0.39, 0.29) is 18.6 Å². The third kappa shape index (κ3) is 2.02. The van der Waals surface area contributed by atoms with Gasteiger partial charge in [0.05, 0.1) is 5.92 Å². The second-order valence-corrected chi connectivity index (χ2v) is 6.24. The highest BCUT2D eigenvalue weighted by Gasteiger charge is 2.33. The van der Waals surface area contributed by atoms with E-state index in [1.807, 2.05) is 54.6 Å². The fraction of sp³-hybridized carbons (Fsp3) is 0.0952. The minimum Gasteiger partial charge on any atom is -0.454 e. The lowest BCUT2D eigenvalue weighted by atomic mass is 9.81. The molecule has 2 aliphatic rings. The summed E-state index contributed by atoms with van der Waals surface area (Å²) in [6.45, 7) is 0.204. The number of ether oxygens (including phenoxy) is 3. The first-order valence-electron chi connectivity index (χ1n) is 8.25. The molecule has 0 amide bonds. The average molecular weight is 342 g/mol. The molecule has 3 aromatic carbocycles. The van der Waals surface area contributed by atoms with E-state index in [0.29, 0.717) is 22.8 Å². The number of allylic oxidation sites excluding steroid dienone is 1. The Bertz CT molecular complexity index is 1130. The highest BCUT2D eigenvalue weighted by molar-refractivity contribution is 5.90. The van der Waals surface area contributed by atoms with Gasteiger partial charge in [0.2, 0.25) is 12.7 Å². The molecule has 1 unspecified atom stereocenters. The van der Waals surface area contributed by atoms with Crippen LogP contribution >= 0.6 is 0 Å². The summed E-state index contributed by atoms with van der Waals surface area (Å²) in [4.78, 5) is 0. The van der Waals surface area contributed by atoms with E-state index in [2.05, 4.69) is 6.07 Å². The van der Waals surface area contributed by atoms with Gasteiger partial charge >= 0.3 is 0 Å². The first-order chi connectivity index (χ1) is 12.8. The van der Waals surface area contributed by atoms with Crippen LogP contribution in [0.25, 0.3) is 10.8 Å². The Labute approximate surface area is 149 Å². The molecule has 5 nitrogen and oxygen atoms in total. The number of fused-ring (bicyclic) bond motifs is 4. The zero-order valence-electron chi connectivity index (χ0n) is 13.7. The van der Waals surface area contributed by atoms with Crippen molar-refractivity contribution in [3.05, 3.63) is 77.2 Å². The molecule has 0 aliphatic carbocycles. The fourth-order valence-corrected chi connectivity index (χ4v) is 3.67. The molecular formula is C21H14N2O3. The Morgan fingerprint density at radius 3 is 2.65 bits per heavy atom. The Kier molecular flexibility index (Phi) is 3.06. The van der Waals surface area contributed by atoms with Gasteiger partial charge in [-0.2, -0.15) is 5.26 Å². The summed E-state index contributed by atoms with van der Waals surface area (Å²) >= 11 is 0. The zero-order valence-corrected chi connectivity index (χ0v) is 13.7. The Morgan fingerprint density at radius 2 is 1.77 bits per heavy atom. The Morgan fingerprint density at radius 1 is 0.962 bits per heavy atom. The minimum absolute atomic E-state index is 0.137. The summed E-state index contributed by atoms with van der Waals surface area (Å²) in [5.41, 5.74) is 8.31. The summed E-state index contributed by atoms with van der Waals surface area (Å²) in [6.07, 6.45) is 0. The van der Waals surface area contributed by atoms with E-state index in [9.17, 15) is 5.26 Å². The molecule has 0 aromatic heterocycles. The van der Waals surface area contributed by atoms with Crippen molar-refractivity contribution in [1.82, 2.24) is 0 Å². The van der Waals surface area contributed by atoms with E-state index >= 15 is 0 Å². The van der Waals surface area contributed by atoms with E-state index in [4.69, 9.17) is 19.9 Å². The summed E-state index contributed by atoms with van der Waals surface area (Å²) in [7, 11) is 0. The first-order valence-corrected chi connectivity index (χ1v) is 8.25. The second-order valence-electron chi connectivity index (χ2n) is 6.24. The van der Waals surface area contributed by atoms with Crippen molar-refractivity contribution in [2.24, 2.45) is 5.73 Å². The molecule has 2 heterocycles. The minimum atomic E-state index is -0.329. The topological polar surface area (TPSA) is 77.5 Å². The molecular weight excluding hydrogens is 328 g/mol. The largest absolute Gasteiger partial charge is 0.454 e. The predicted molar refractivity (Wildman–Crippen MR) is 95.8 cm³/mol. The molecule has 26 heavy (non-hydrogen) atoms. The summed E-state index contributed by atoms with van der Waals surface area (Å²) in [6, 6.07) is 19.9. The summed E-state index contributed by atoms with van der Waals surface area (Å²) < 4.78 is 16.7. The Balaban J connectivity index is 1.80. The monoisotopic (exact) mass is 342 g/mol. The molecule has 126 valence electrons. The number of nitrogens with two attached hydrogens (primary N) is 1.